The number of hydrogen-bond donors (Lipinski definition) is 2. The molecule has 1 aliphatic rings. The first-order chi connectivity index (χ1) is 6.75. The van der Waals surface area contributed by atoms with E-state index in [1.165, 1.54) is 11.3 Å². The smallest absolute Gasteiger partial charge is 0.407 e. The zero-order valence-electron chi connectivity index (χ0n) is 8.48. The summed E-state index contributed by atoms with van der Waals surface area (Å²) in [5, 5.41) is 17.9. The van der Waals surface area contributed by atoms with Crippen molar-refractivity contribution in [1.29, 1.82) is 0 Å². The zero-order chi connectivity index (χ0) is 10.4. The molecule has 0 radical (unpaired) electrons. The maximum absolute atomic E-state index is 10.9. The Bertz CT molecular complexity index is 184. The summed E-state index contributed by atoms with van der Waals surface area (Å²) in [5.74, 6) is 0. The molecular formula is C10H19NO3. The van der Waals surface area contributed by atoms with E-state index < -0.39 is 6.09 Å². The molecule has 1 rings (SSSR count). The van der Waals surface area contributed by atoms with E-state index in [0.717, 1.165) is 25.7 Å². The van der Waals surface area contributed by atoms with E-state index in [-0.39, 0.29) is 12.6 Å². The van der Waals surface area contributed by atoms with Gasteiger partial charge in [-0.3, -0.25) is 0 Å². The summed E-state index contributed by atoms with van der Waals surface area (Å²) < 4.78 is 0. The predicted molar refractivity (Wildman–Crippen MR) is 53.3 cm³/mol. The molecule has 0 unspecified atom stereocenters. The number of carbonyl (C=O) groups is 1. The maximum Gasteiger partial charge on any atom is 0.407 e. The second-order valence-electron chi connectivity index (χ2n) is 3.84. The van der Waals surface area contributed by atoms with Crippen molar-refractivity contribution in [2.75, 3.05) is 13.2 Å². The first kappa shape index (κ1) is 11.3. The lowest BCUT2D eigenvalue weighted by Crippen LogP contribution is -2.41. The van der Waals surface area contributed by atoms with Crippen molar-refractivity contribution in [3.8, 4) is 0 Å². The van der Waals surface area contributed by atoms with Gasteiger partial charge < -0.3 is 15.1 Å². The third-order valence-electron chi connectivity index (χ3n) is 2.84. The van der Waals surface area contributed by atoms with E-state index in [1.807, 2.05) is 0 Å². The first-order valence-electron chi connectivity index (χ1n) is 5.36. The number of amides is 1. The minimum absolute atomic E-state index is 0.0257. The fourth-order valence-corrected chi connectivity index (χ4v) is 2.06. The van der Waals surface area contributed by atoms with E-state index in [0.29, 0.717) is 13.0 Å². The SMILES string of the molecule is O=C(O)N1CCCCCC[C@@H]1CCO. The fraction of sp³-hybridized carbons (Fsp3) is 0.900. The van der Waals surface area contributed by atoms with Crippen LogP contribution in [0.2, 0.25) is 0 Å². The third-order valence-corrected chi connectivity index (χ3v) is 2.84. The molecule has 1 amide bonds. The van der Waals surface area contributed by atoms with Crippen LogP contribution in [0.15, 0.2) is 0 Å². The Morgan fingerprint density at radius 1 is 1.29 bits per heavy atom. The number of likely N-dealkylation sites (tertiary alicyclic amines) is 1. The van der Waals surface area contributed by atoms with Crippen LogP contribution in [0.5, 0.6) is 0 Å². The number of nitrogens with zero attached hydrogens (tertiary/aromatic N) is 1. The van der Waals surface area contributed by atoms with Gasteiger partial charge in [-0.1, -0.05) is 19.3 Å². The Morgan fingerprint density at radius 3 is 2.64 bits per heavy atom. The summed E-state index contributed by atoms with van der Waals surface area (Å²) in [4.78, 5) is 12.4. The van der Waals surface area contributed by atoms with Crippen LogP contribution in [-0.4, -0.2) is 40.4 Å². The second-order valence-corrected chi connectivity index (χ2v) is 3.84. The van der Waals surface area contributed by atoms with Gasteiger partial charge in [-0.25, -0.2) is 4.79 Å². The van der Waals surface area contributed by atoms with Gasteiger partial charge in [-0.15, -0.1) is 0 Å². The quantitative estimate of drug-likeness (QED) is 0.714. The molecule has 1 atom stereocenters. The van der Waals surface area contributed by atoms with Gasteiger partial charge in [-0.2, -0.15) is 0 Å². The highest BCUT2D eigenvalue weighted by atomic mass is 16.4. The molecule has 0 aliphatic carbocycles. The van der Waals surface area contributed by atoms with E-state index in [2.05, 4.69) is 0 Å². The normalized spacial score (nSPS) is 24.1. The predicted octanol–water partition coefficient (Wildman–Crippen LogP) is 1.68. The molecule has 0 aromatic heterocycles. The van der Waals surface area contributed by atoms with Crippen LogP contribution < -0.4 is 0 Å². The molecule has 1 heterocycles. The standard InChI is InChI=1S/C10H19NO3/c12-8-6-9-5-3-1-2-4-7-11(9)10(13)14/h9,12H,1-8H2,(H,13,14)/t9-/m1/s1. The molecule has 0 saturated carbocycles. The van der Waals surface area contributed by atoms with Gasteiger partial charge in [0.1, 0.15) is 0 Å². The molecule has 2 N–H and O–H groups in total. The highest BCUT2D eigenvalue weighted by molar-refractivity contribution is 5.65. The molecule has 82 valence electrons. The lowest BCUT2D eigenvalue weighted by molar-refractivity contribution is 0.104. The molecule has 0 aromatic carbocycles. The van der Waals surface area contributed by atoms with Crippen molar-refractivity contribution in [3.05, 3.63) is 0 Å². The number of aliphatic hydroxyl groups is 1. The summed E-state index contributed by atoms with van der Waals surface area (Å²) in [6.45, 7) is 0.703. The van der Waals surface area contributed by atoms with Gasteiger partial charge in [0.15, 0.2) is 0 Å². The van der Waals surface area contributed by atoms with Gasteiger partial charge in [0, 0.05) is 19.2 Å². The number of rotatable bonds is 2. The first-order valence-corrected chi connectivity index (χ1v) is 5.36. The van der Waals surface area contributed by atoms with Gasteiger partial charge in [0.2, 0.25) is 0 Å². The molecule has 4 nitrogen and oxygen atoms in total. The summed E-state index contributed by atoms with van der Waals surface area (Å²) in [6, 6.07) is 0.0257. The van der Waals surface area contributed by atoms with Crippen molar-refractivity contribution in [2.24, 2.45) is 0 Å². The minimum atomic E-state index is -0.842. The van der Waals surface area contributed by atoms with Crippen LogP contribution in [0.4, 0.5) is 4.79 Å². The molecule has 0 spiro atoms. The lowest BCUT2D eigenvalue weighted by Gasteiger charge is -2.30. The van der Waals surface area contributed by atoms with Gasteiger partial charge >= 0.3 is 6.09 Å². The second kappa shape index (κ2) is 5.86. The average Bonchev–Trinajstić information content (AvgIpc) is 2.09. The number of aliphatic hydroxyl groups excluding tert-OH is 1. The number of hydrogen-bond acceptors (Lipinski definition) is 2. The molecule has 0 bridgehead atoms. The van der Waals surface area contributed by atoms with E-state index >= 15 is 0 Å². The van der Waals surface area contributed by atoms with E-state index in [4.69, 9.17) is 10.2 Å². The average molecular weight is 201 g/mol. The van der Waals surface area contributed by atoms with Crippen molar-refractivity contribution >= 4 is 6.09 Å². The monoisotopic (exact) mass is 201 g/mol. The van der Waals surface area contributed by atoms with Crippen molar-refractivity contribution in [1.82, 2.24) is 4.90 Å². The van der Waals surface area contributed by atoms with Crippen molar-refractivity contribution in [3.63, 3.8) is 0 Å². The Balaban J connectivity index is 2.55. The summed E-state index contributed by atoms with van der Waals surface area (Å²) >= 11 is 0. The van der Waals surface area contributed by atoms with Crippen LogP contribution in [0.1, 0.15) is 38.5 Å². The van der Waals surface area contributed by atoms with E-state index in [1.54, 1.807) is 0 Å². The van der Waals surface area contributed by atoms with Gasteiger partial charge in [-0.05, 0) is 19.3 Å². The largest absolute Gasteiger partial charge is 0.465 e. The van der Waals surface area contributed by atoms with Crippen molar-refractivity contribution in [2.45, 2.75) is 44.6 Å². The molecule has 0 aromatic rings. The number of carboxylic acid groups (broad SMARTS) is 1. The Kier molecular flexibility index (Phi) is 4.73. The Labute approximate surface area is 84.5 Å². The van der Waals surface area contributed by atoms with Crippen LogP contribution in [0, 0.1) is 0 Å². The maximum atomic E-state index is 10.9. The van der Waals surface area contributed by atoms with Crippen LogP contribution in [-0.2, 0) is 0 Å². The van der Waals surface area contributed by atoms with Crippen LogP contribution >= 0.6 is 0 Å². The third kappa shape index (κ3) is 3.18. The molecule has 1 fully saturated rings. The zero-order valence-corrected chi connectivity index (χ0v) is 8.48. The molecule has 14 heavy (non-hydrogen) atoms. The highest BCUT2D eigenvalue weighted by Crippen LogP contribution is 2.18. The molecule has 1 aliphatic heterocycles. The molecular weight excluding hydrogens is 182 g/mol. The van der Waals surface area contributed by atoms with E-state index in [9.17, 15) is 4.79 Å². The molecule has 4 heteroatoms. The minimum Gasteiger partial charge on any atom is -0.465 e. The summed E-state index contributed by atoms with van der Waals surface area (Å²) in [6.07, 6.45) is 4.97. The van der Waals surface area contributed by atoms with Crippen LogP contribution in [0.25, 0.3) is 0 Å². The lowest BCUT2D eigenvalue weighted by atomic mass is 10.0. The fourth-order valence-electron chi connectivity index (χ4n) is 2.06. The highest BCUT2D eigenvalue weighted by Gasteiger charge is 2.23. The Morgan fingerprint density at radius 2 is 2.00 bits per heavy atom. The van der Waals surface area contributed by atoms with Gasteiger partial charge in [0.25, 0.3) is 0 Å². The van der Waals surface area contributed by atoms with Crippen LogP contribution in [0.3, 0.4) is 0 Å². The van der Waals surface area contributed by atoms with Gasteiger partial charge in [0.05, 0.1) is 0 Å². The van der Waals surface area contributed by atoms with Crippen molar-refractivity contribution < 1.29 is 15.0 Å². The molecule has 1 saturated heterocycles. The topological polar surface area (TPSA) is 60.8 Å². The summed E-state index contributed by atoms with van der Waals surface area (Å²) in [7, 11) is 0. The summed E-state index contributed by atoms with van der Waals surface area (Å²) in [5.41, 5.74) is 0. The Hall–Kier alpha value is -0.770.